The number of H-pyrrole nitrogens is 2. The summed E-state index contributed by atoms with van der Waals surface area (Å²) in [6.45, 7) is 0. The number of carbonyl (C=O) groups is 1. The minimum absolute atomic E-state index is 0.0545. The standard InChI is InChI=1S/C23H16F2N6O2/c24-16-6-5-12(9-17(16)25)27-20(32)11-13-10-19(31-30-13)28-18-7-8-26-22-21(18)14-3-1-2-4-15(14)23(33)29-22/h1-10H,11H2,(H,27,32)(H3,26,28,29,30,31,33). The first kappa shape index (κ1) is 20.3. The van der Waals surface area contributed by atoms with Crippen molar-refractivity contribution in [1.82, 2.24) is 20.2 Å². The third-order valence-electron chi connectivity index (χ3n) is 5.07. The van der Waals surface area contributed by atoms with E-state index in [1.807, 2.05) is 12.1 Å². The molecular formula is C23H16F2N6O2. The van der Waals surface area contributed by atoms with Gasteiger partial charge in [0.2, 0.25) is 5.91 Å². The van der Waals surface area contributed by atoms with E-state index in [-0.39, 0.29) is 17.7 Å². The van der Waals surface area contributed by atoms with Crippen LogP contribution in [0.2, 0.25) is 0 Å². The van der Waals surface area contributed by atoms with E-state index < -0.39 is 17.5 Å². The molecule has 0 bridgehead atoms. The summed E-state index contributed by atoms with van der Waals surface area (Å²) >= 11 is 0. The van der Waals surface area contributed by atoms with Gasteiger partial charge in [-0.05, 0) is 24.3 Å². The largest absolute Gasteiger partial charge is 0.338 e. The maximum absolute atomic E-state index is 13.3. The first-order chi connectivity index (χ1) is 16.0. The van der Waals surface area contributed by atoms with Crippen LogP contribution in [0.3, 0.4) is 0 Å². The van der Waals surface area contributed by atoms with Gasteiger partial charge < -0.3 is 15.6 Å². The second-order valence-electron chi connectivity index (χ2n) is 7.34. The van der Waals surface area contributed by atoms with Gasteiger partial charge in [0.1, 0.15) is 5.65 Å². The number of amides is 1. The van der Waals surface area contributed by atoms with E-state index in [1.165, 1.54) is 6.07 Å². The molecule has 0 fully saturated rings. The predicted molar refractivity (Wildman–Crippen MR) is 120 cm³/mol. The Morgan fingerprint density at radius 3 is 2.64 bits per heavy atom. The van der Waals surface area contributed by atoms with Gasteiger partial charge in [0.05, 0.1) is 12.1 Å². The number of nitrogens with zero attached hydrogens (tertiary/aromatic N) is 2. The molecule has 4 N–H and O–H groups in total. The van der Waals surface area contributed by atoms with Crippen LogP contribution in [-0.2, 0) is 11.2 Å². The molecule has 0 saturated carbocycles. The lowest BCUT2D eigenvalue weighted by molar-refractivity contribution is -0.115. The van der Waals surface area contributed by atoms with Crippen molar-refractivity contribution in [2.75, 3.05) is 10.6 Å². The second-order valence-corrected chi connectivity index (χ2v) is 7.34. The minimum atomic E-state index is -1.04. The molecule has 0 aliphatic carbocycles. The summed E-state index contributed by atoms with van der Waals surface area (Å²) in [7, 11) is 0. The van der Waals surface area contributed by atoms with E-state index in [9.17, 15) is 18.4 Å². The van der Waals surface area contributed by atoms with Crippen molar-refractivity contribution in [3.63, 3.8) is 0 Å². The molecule has 0 aliphatic rings. The fourth-order valence-corrected chi connectivity index (χ4v) is 3.61. The molecule has 5 aromatic rings. The summed E-state index contributed by atoms with van der Waals surface area (Å²) in [5, 5.41) is 14.7. The van der Waals surface area contributed by atoms with E-state index in [2.05, 4.69) is 30.8 Å². The number of aromatic amines is 2. The van der Waals surface area contributed by atoms with Crippen molar-refractivity contribution in [3.05, 3.63) is 88.5 Å². The molecule has 0 radical (unpaired) electrons. The monoisotopic (exact) mass is 446 g/mol. The molecule has 0 atom stereocenters. The van der Waals surface area contributed by atoms with Crippen molar-refractivity contribution in [1.29, 1.82) is 0 Å². The van der Waals surface area contributed by atoms with Crippen molar-refractivity contribution in [2.24, 2.45) is 0 Å². The number of pyridine rings is 2. The molecule has 0 spiro atoms. The van der Waals surface area contributed by atoms with Gasteiger partial charge in [-0.3, -0.25) is 14.7 Å². The van der Waals surface area contributed by atoms with E-state index in [1.54, 1.807) is 30.5 Å². The third-order valence-corrected chi connectivity index (χ3v) is 5.07. The fourth-order valence-electron chi connectivity index (χ4n) is 3.61. The summed E-state index contributed by atoms with van der Waals surface area (Å²) < 4.78 is 26.4. The Balaban J connectivity index is 1.38. The van der Waals surface area contributed by atoms with E-state index in [0.717, 1.165) is 22.9 Å². The Labute approximate surface area is 184 Å². The van der Waals surface area contributed by atoms with Gasteiger partial charge in [-0.25, -0.2) is 13.8 Å². The highest BCUT2D eigenvalue weighted by Gasteiger charge is 2.13. The SMILES string of the molecule is O=C(Cc1cc(Nc2ccnc3[nH]c(=O)c4ccccc4c23)n[nH]1)Nc1ccc(F)c(F)c1. The zero-order valence-corrected chi connectivity index (χ0v) is 16.9. The average Bonchev–Trinajstić information content (AvgIpc) is 3.23. The van der Waals surface area contributed by atoms with Gasteiger partial charge in [-0.2, -0.15) is 5.10 Å². The van der Waals surface area contributed by atoms with Crippen LogP contribution in [0.25, 0.3) is 21.8 Å². The summed E-state index contributed by atoms with van der Waals surface area (Å²) in [6.07, 6.45) is 1.51. The zero-order chi connectivity index (χ0) is 22.9. The number of halogens is 2. The first-order valence-electron chi connectivity index (χ1n) is 9.94. The fraction of sp³-hybridized carbons (Fsp3) is 0.0435. The Morgan fingerprint density at radius 2 is 1.82 bits per heavy atom. The van der Waals surface area contributed by atoms with Crippen molar-refractivity contribution >= 4 is 44.9 Å². The molecule has 0 unspecified atom stereocenters. The molecular weight excluding hydrogens is 430 g/mol. The number of aromatic nitrogens is 4. The number of rotatable bonds is 5. The molecule has 0 saturated heterocycles. The number of nitrogens with one attached hydrogen (secondary N) is 4. The van der Waals surface area contributed by atoms with E-state index >= 15 is 0 Å². The van der Waals surface area contributed by atoms with Gasteiger partial charge in [0.15, 0.2) is 17.5 Å². The van der Waals surface area contributed by atoms with Crippen molar-refractivity contribution in [2.45, 2.75) is 6.42 Å². The summed E-state index contributed by atoms with van der Waals surface area (Å²) in [5.74, 6) is -2.00. The molecule has 33 heavy (non-hydrogen) atoms. The summed E-state index contributed by atoms with van der Waals surface area (Å²) in [6, 6.07) is 13.8. The second kappa shape index (κ2) is 8.15. The topological polar surface area (TPSA) is 116 Å². The molecule has 10 heteroatoms. The Kier molecular flexibility index (Phi) is 5.02. The number of hydrogen-bond donors (Lipinski definition) is 4. The van der Waals surface area contributed by atoms with Crippen LogP contribution in [0.1, 0.15) is 5.69 Å². The van der Waals surface area contributed by atoms with Crippen LogP contribution in [0.15, 0.2) is 65.6 Å². The van der Waals surface area contributed by atoms with Gasteiger partial charge in [0, 0.05) is 45.9 Å². The van der Waals surface area contributed by atoms with Gasteiger partial charge in [-0.15, -0.1) is 0 Å². The third kappa shape index (κ3) is 4.01. The smallest absolute Gasteiger partial charge is 0.257 e. The quantitative estimate of drug-likeness (QED) is 0.305. The molecule has 3 aromatic heterocycles. The maximum atomic E-state index is 13.3. The Hall–Kier alpha value is -4.60. The van der Waals surface area contributed by atoms with Crippen LogP contribution in [0, 0.1) is 11.6 Å². The minimum Gasteiger partial charge on any atom is -0.338 e. The Bertz CT molecular complexity index is 1580. The molecule has 1 amide bonds. The van der Waals surface area contributed by atoms with Gasteiger partial charge >= 0.3 is 0 Å². The lowest BCUT2D eigenvalue weighted by Crippen LogP contribution is -2.14. The van der Waals surface area contributed by atoms with E-state index in [4.69, 9.17) is 0 Å². The molecule has 3 heterocycles. The molecule has 5 rings (SSSR count). The highest BCUT2D eigenvalue weighted by molar-refractivity contribution is 6.10. The molecule has 164 valence electrons. The number of benzene rings is 2. The Morgan fingerprint density at radius 1 is 1.00 bits per heavy atom. The normalized spacial score (nSPS) is 11.1. The van der Waals surface area contributed by atoms with Crippen molar-refractivity contribution < 1.29 is 13.6 Å². The average molecular weight is 446 g/mol. The van der Waals surface area contributed by atoms with Crippen LogP contribution in [0.4, 0.5) is 26.0 Å². The predicted octanol–water partition coefficient (Wildman–Crippen LogP) is 4.00. The molecule has 0 aliphatic heterocycles. The number of anilines is 3. The van der Waals surface area contributed by atoms with Gasteiger partial charge in [0.25, 0.3) is 5.56 Å². The first-order valence-corrected chi connectivity index (χ1v) is 9.94. The lowest BCUT2D eigenvalue weighted by Gasteiger charge is -2.09. The lowest BCUT2D eigenvalue weighted by atomic mass is 10.1. The summed E-state index contributed by atoms with van der Waals surface area (Å²) in [5.41, 5.74) is 1.55. The van der Waals surface area contributed by atoms with Crippen LogP contribution in [0.5, 0.6) is 0 Å². The maximum Gasteiger partial charge on any atom is 0.257 e. The van der Waals surface area contributed by atoms with Crippen molar-refractivity contribution in [3.8, 4) is 0 Å². The van der Waals surface area contributed by atoms with E-state index in [0.29, 0.717) is 28.2 Å². The highest BCUT2D eigenvalue weighted by Crippen LogP contribution is 2.29. The van der Waals surface area contributed by atoms with Gasteiger partial charge in [-0.1, -0.05) is 18.2 Å². The number of hydrogen-bond acceptors (Lipinski definition) is 5. The van der Waals surface area contributed by atoms with Crippen LogP contribution in [-0.4, -0.2) is 26.1 Å². The molecule has 2 aromatic carbocycles. The number of carbonyl (C=O) groups excluding carboxylic acids is 1. The highest BCUT2D eigenvalue weighted by atomic mass is 19.2. The van der Waals surface area contributed by atoms with Crippen LogP contribution >= 0.6 is 0 Å². The van der Waals surface area contributed by atoms with Crippen LogP contribution < -0.4 is 16.2 Å². The zero-order valence-electron chi connectivity index (χ0n) is 16.9. The molecule has 8 nitrogen and oxygen atoms in total. The summed E-state index contributed by atoms with van der Waals surface area (Å²) in [4.78, 5) is 31.6. The number of fused-ring (bicyclic) bond motifs is 3.